The van der Waals surface area contributed by atoms with E-state index < -0.39 is 0 Å². The Labute approximate surface area is 103 Å². The number of hydrogen-bond acceptors (Lipinski definition) is 1. The highest BCUT2D eigenvalue weighted by Gasteiger charge is 2.52. The smallest absolute Gasteiger partial charge is 0.0568 e. The van der Waals surface area contributed by atoms with E-state index in [1.165, 1.54) is 0 Å². The van der Waals surface area contributed by atoms with Gasteiger partial charge in [0.25, 0.3) is 0 Å². The van der Waals surface area contributed by atoms with Crippen LogP contribution in [0.5, 0.6) is 0 Å². The molecule has 0 saturated heterocycles. The highest BCUT2D eigenvalue weighted by atomic mass is 16.3. The largest absolute Gasteiger partial charge is 0.393 e. The van der Waals surface area contributed by atoms with Crippen molar-refractivity contribution in [1.82, 2.24) is 0 Å². The van der Waals surface area contributed by atoms with Gasteiger partial charge in [0.2, 0.25) is 0 Å². The van der Waals surface area contributed by atoms with Gasteiger partial charge in [0.1, 0.15) is 0 Å². The molecule has 0 amide bonds. The molecular weight excluding hydrogens is 196 g/mol. The van der Waals surface area contributed by atoms with Crippen molar-refractivity contribution in [3.63, 3.8) is 0 Å². The van der Waals surface area contributed by atoms with Gasteiger partial charge in [-0.1, -0.05) is 55.4 Å². The molecule has 98 valence electrons. The van der Waals surface area contributed by atoms with Crippen molar-refractivity contribution in [3.8, 4) is 0 Å². The minimum Gasteiger partial charge on any atom is -0.393 e. The van der Waals surface area contributed by atoms with Crippen molar-refractivity contribution in [2.45, 2.75) is 74.8 Å². The summed E-state index contributed by atoms with van der Waals surface area (Å²) in [5.74, 6) is 0.616. The summed E-state index contributed by atoms with van der Waals surface area (Å²) in [6, 6.07) is 0. The molecule has 0 spiro atoms. The van der Waals surface area contributed by atoms with Crippen LogP contribution in [-0.2, 0) is 0 Å². The highest BCUT2D eigenvalue weighted by Crippen LogP contribution is 2.57. The molecule has 0 saturated carbocycles. The molecule has 0 aromatic carbocycles. The van der Waals surface area contributed by atoms with Crippen molar-refractivity contribution in [2.75, 3.05) is 0 Å². The molecule has 0 aromatic rings. The lowest BCUT2D eigenvalue weighted by Crippen LogP contribution is -2.52. The summed E-state index contributed by atoms with van der Waals surface area (Å²) in [4.78, 5) is 0. The highest BCUT2D eigenvalue weighted by molar-refractivity contribution is 5.01. The Hall–Kier alpha value is -0.0400. The molecule has 1 N–H and O–H groups in total. The Balaban J connectivity index is 5.48. The molecule has 2 unspecified atom stereocenters. The number of rotatable bonds is 5. The van der Waals surface area contributed by atoms with Crippen LogP contribution in [0, 0.1) is 22.2 Å². The lowest BCUT2D eigenvalue weighted by molar-refractivity contribution is -0.117. The van der Waals surface area contributed by atoms with E-state index in [9.17, 15) is 5.11 Å². The molecule has 0 rings (SSSR count). The van der Waals surface area contributed by atoms with Crippen LogP contribution in [0.25, 0.3) is 0 Å². The van der Waals surface area contributed by atoms with E-state index in [-0.39, 0.29) is 22.3 Å². The average molecular weight is 228 g/mol. The normalized spacial score (nSPS) is 19.7. The first kappa shape index (κ1) is 16.0. The number of aliphatic hydroxyl groups excluding tert-OH is 1. The second-order valence-electron chi connectivity index (χ2n) is 6.95. The van der Waals surface area contributed by atoms with Crippen LogP contribution < -0.4 is 0 Å². The van der Waals surface area contributed by atoms with Gasteiger partial charge >= 0.3 is 0 Å². The molecule has 0 aromatic heterocycles. The van der Waals surface area contributed by atoms with Gasteiger partial charge in [0.15, 0.2) is 0 Å². The van der Waals surface area contributed by atoms with Crippen LogP contribution >= 0.6 is 0 Å². The van der Waals surface area contributed by atoms with E-state index in [0.717, 1.165) is 6.42 Å². The topological polar surface area (TPSA) is 20.2 Å². The quantitative estimate of drug-likeness (QED) is 0.735. The molecule has 1 heteroatoms. The van der Waals surface area contributed by atoms with Crippen molar-refractivity contribution in [2.24, 2.45) is 22.2 Å². The molecule has 0 bridgehead atoms. The van der Waals surface area contributed by atoms with Crippen LogP contribution in [0.15, 0.2) is 0 Å². The summed E-state index contributed by atoms with van der Waals surface area (Å²) in [6.07, 6.45) is 0.862. The standard InChI is InChI=1S/C15H32O/c1-10-15(9,11(2)3)14(7,8)13(5,6)12(4)16/h11-12,16H,10H2,1-9H3. The van der Waals surface area contributed by atoms with Crippen LogP contribution in [0.1, 0.15) is 68.7 Å². The summed E-state index contributed by atoms with van der Waals surface area (Å²) >= 11 is 0. The second-order valence-corrected chi connectivity index (χ2v) is 6.95. The third-order valence-corrected chi connectivity index (χ3v) is 6.09. The Bertz CT molecular complexity index is 226. The Morgan fingerprint density at radius 1 is 0.938 bits per heavy atom. The van der Waals surface area contributed by atoms with Gasteiger partial charge in [0.05, 0.1) is 6.10 Å². The van der Waals surface area contributed by atoms with Gasteiger partial charge in [-0.25, -0.2) is 0 Å². The minimum atomic E-state index is -0.285. The molecule has 2 atom stereocenters. The number of hydrogen-bond donors (Lipinski definition) is 1. The first-order valence-electron chi connectivity index (χ1n) is 6.63. The molecule has 16 heavy (non-hydrogen) atoms. The van der Waals surface area contributed by atoms with Crippen LogP contribution in [-0.4, -0.2) is 11.2 Å². The van der Waals surface area contributed by atoms with E-state index in [1.807, 2.05) is 6.92 Å². The maximum atomic E-state index is 10.1. The van der Waals surface area contributed by atoms with Gasteiger partial charge in [-0.3, -0.25) is 0 Å². The van der Waals surface area contributed by atoms with Crippen LogP contribution in [0.2, 0.25) is 0 Å². The fraction of sp³-hybridized carbons (Fsp3) is 1.00. The Morgan fingerprint density at radius 2 is 1.31 bits per heavy atom. The van der Waals surface area contributed by atoms with E-state index in [0.29, 0.717) is 5.92 Å². The SMILES string of the molecule is CCC(C)(C(C)C)C(C)(C)C(C)(C)C(C)O. The Kier molecular flexibility index (Phi) is 4.67. The first-order chi connectivity index (χ1) is 6.95. The van der Waals surface area contributed by atoms with E-state index >= 15 is 0 Å². The molecule has 0 aliphatic carbocycles. The van der Waals surface area contributed by atoms with Gasteiger partial charge in [0, 0.05) is 0 Å². The summed E-state index contributed by atoms with van der Waals surface area (Å²) < 4.78 is 0. The molecular formula is C15H32O. The maximum Gasteiger partial charge on any atom is 0.0568 e. The van der Waals surface area contributed by atoms with Crippen LogP contribution in [0.3, 0.4) is 0 Å². The molecule has 0 fully saturated rings. The molecule has 1 nitrogen and oxygen atoms in total. The molecule has 0 radical (unpaired) electrons. The van der Waals surface area contributed by atoms with Gasteiger partial charge in [-0.15, -0.1) is 0 Å². The average Bonchev–Trinajstić information content (AvgIpc) is 2.15. The lowest BCUT2D eigenvalue weighted by atomic mass is 9.49. The van der Waals surface area contributed by atoms with Gasteiger partial charge in [-0.2, -0.15) is 0 Å². The van der Waals surface area contributed by atoms with Gasteiger partial charge < -0.3 is 5.11 Å². The van der Waals surface area contributed by atoms with Gasteiger partial charge in [-0.05, 0) is 35.5 Å². The number of aliphatic hydroxyl groups is 1. The molecule has 0 aliphatic rings. The zero-order valence-corrected chi connectivity index (χ0v) is 12.8. The van der Waals surface area contributed by atoms with Crippen molar-refractivity contribution in [3.05, 3.63) is 0 Å². The summed E-state index contributed by atoms with van der Waals surface area (Å²) in [7, 11) is 0. The fourth-order valence-electron chi connectivity index (χ4n) is 2.83. The van der Waals surface area contributed by atoms with Crippen molar-refractivity contribution < 1.29 is 5.11 Å². The lowest BCUT2D eigenvalue weighted by Gasteiger charge is -2.57. The Morgan fingerprint density at radius 3 is 1.50 bits per heavy atom. The maximum absolute atomic E-state index is 10.1. The third kappa shape index (κ3) is 2.16. The molecule has 0 aliphatic heterocycles. The predicted molar refractivity (Wildman–Crippen MR) is 72.5 cm³/mol. The minimum absolute atomic E-state index is 0.0813. The predicted octanol–water partition coefficient (Wildman–Crippen LogP) is 4.49. The zero-order chi connectivity index (χ0) is 13.4. The van der Waals surface area contributed by atoms with E-state index in [2.05, 4.69) is 55.4 Å². The monoisotopic (exact) mass is 228 g/mol. The first-order valence-corrected chi connectivity index (χ1v) is 6.63. The van der Waals surface area contributed by atoms with Crippen molar-refractivity contribution >= 4 is 0 Å². The fourth-order valence-corrected chi connectivity index (χ4v) is 2.83. The third-order valence-electron chi connectivity index (χ3n) is 6.09. The summed E-state index contributed by atoms with van der Waals surface area (Å²) in [5, 5.41) is 10.1. The van der Waals surface area contributed by atoms with E-state index in [1.54, 1.807) is 0 Å². The summed E-state index contributed by atoms with van der Waals surface area (Å²) in [6.45, 7) is 20.1. The van der Waals surface area contributed by atoms with E-state index in [4.69, 9.17) is 0 Å². The van der Waals surface area contributed by atoms with Crippen LogP contribution in [0.4, 0.5) is 0 Å². The zero-order valence-electron chi connectivity index (χ0n) is 12.8. The summed E-state index contributed by atoms with van der Waals surface area (Å²) in [5.41, 5.74) is 0.257. The van der Waals surface area contributed by atoms with Crippen molar-refractivity contribution in [1.29, 1.82) is 0 Å². The second kappa shape index (κ2) is 4.68. The molecule has 0 heterocycles.